The normalized spacial score (nSPS) is 10.7. The Morgan fingerprint density at radius 3 is 2.86 bits per heavy atom. The molecular weight excluding hydrogens is 292 g/mol. The van der Waals surface area contributed by atoms with Gasteiger partial charge in [0.2, 0.25) is 0 Å². The first-order valence-corrected chi connectivity index (χ1v) is 6.62. The van der Waals surface area contributed by atoms with Gasteiger partial charge in [-0.05, 0) is 18.2 Å². The van der Waals surface area contributed by atoms with Crippen molar-refractivity contribution in [3.8, 4) is 0 Å². The van der Waals surface area contributed by atoms with E-state index in [0.717, 1.165) is 11.3 Å². The molecule has 0 saturated carbocycles. The number of rotatable bonds is 4. The monoisotopic (exact) mass is 302 g/mol. The Labute approximate surface area is 125 Å². The quantitative estimate of drug-likeness (QED) is 0.591. The average Bonchev–Trinajstić information content (AvgIpc) is 2.87. The molecule has 0 amide bonds. The Morgan fingerprint density at radius 2 is 2.05 bits per heavy atom. The first-order valence-electron chi connectivity index (χ1n) is 6.24. The summed E-state index contributed by atoms with van der Waals surface area (Å²) in [5.41, 5.74) is 2.07. The van der Waals surface area contributed by atoms with E-state index >= 15 is 0 Å². The number of aromatic nitrogens is 2. The highest BCUT2D eigenvalue weighted by molar-refractivity contribution is 6.30. The van der Waals surface area contributed by atoms with Crippen LogP contribution in [0.1, 0.15) is 5.69 Å². The van der Waals surface area contributed by atoms with Gasteiger partial charge in [-0.3, -0.25) is 10.1 Å². The number of hydrogen-bond donors (Lipinski definition) is 1. The van der Waals surface area contributed by atoms with Crippen LogP contribution in [0.5, 0.6) is 0 Å². The Balaban J connectivity index is 1.82. The maximum Gasteiger partial charge on any atom is 0.292 e. The van der Waals surface area contributed by atoms with Crippen molar-refractivity contribution in [3.63, 3.8) is 0 Å². The average molecular weight is 303 g/mol. The number of halogens is 1. The fraction of sp³-hybridized carbons (Fsp3) is 0.0714. The van der Waals surface area contributed by atoms with E-state index in [1.165, 1.54) is 6.07 Å². The summed E-state index contributed by atoms with van der Waals surface area (Å²) in [6.07, 6.45) is 3.60. The van der Waals surface area contributed by atoms with E-state index in [-0.39, 0.29) is 5.69 Å². The zero-order chi connectivity index (χ0) is 14.8. The zero-order valence-electron chi connectivity index (χ0n) is 10.9. The SMILES string of the molecule is O=[N+]([O-])c1ccccc1NCc1cn2cc(Cl)ccc2n1. The van der Waals surface area contributed by atoms with Gasteiger partial charge in [0.15, 0.2) is 0 Å². The van der Waals surface area contributed by atoms with Crippen LogP contribution in [0.25, 0.3) is 5.65 Å². The first-order chi connectivity index (χ1) is 10.1. The number of fused-ring (bicyclic) bond motifs is 1. The molecule has 6 nitrogen and oxygen atoms in total. The molecule has 0 radical (unpaired) electrons. The summed E-state index contributed by atoms with van der Waals surface area (Å²) in [6, 6.07) is 10.1. The molecule has 3 rings (SSSR count). The molecule has 3 aromatic rings. The largest absolute Gasteiger partial charge is 0.374 e. The minimum Gasteiger partial charge on any atom is -0.374 e. The van der Waals surface area contributed by atoms with Gasteiger partial charge in [0.1, 0.15) is 11.3 Å². The Morgan fingerprint density at radius 1 is 1.24 bits per heavy atom. The van der Waals surface area contributed by atoms with Crippen molar-refractivity contribution >= 4 is 28.6 Å². The summed E-state index contributed by atoms with van der Waals surface area (Å²) < 4.78 is 1.82. The van der Waals surface area contributed by atoms with E-state index in [2.05, 4.69) is 10.3 Å². The molecule has 106 valence electrons. The van der Waals surface area contributed by atoms with Gasteiger partial charge in [-0.25, -0.2) is 4.98 Å². The zero-order valence-corrected chi connectivity index (χ0v) is 11.6. The van der Waals surface area contributed by atoms with Crippen molar-refractivity contribution < 1.29 is 4.92 Å². The van der Waals surface area contributed by atoms with Crippen LogP contribution in [0, 0.1) is 10.1 Å². The summed E-state index contributed by atoms with van der Waals surface area (Å²) in [6.45, 7) is 0.393. The second kappa shape index (κ2) is 5.41. The summed E-state index contributed by atoms with van der Waals surface area (Å²) in [5, 5.41) is 14.6. The highest BCUT2D eigenvalue weighted by atomic mass is 35.5. The summed E-state index contributed by atoms with van der Waals surface area (Å²) in [5.74, 6) is 0. The van der Waals surface area contributed by atoms with E-state index < -0.39 is 4.92 Å². The van der Waals surface area contributed by atoms with Crippen LogP contribution in [0.2, 0.25) is 5.02 Å². The standard InChI is InChI=1S/C14H11ClN4O2/c15-10-5-6-14-17-11(9-18(14)8-10)7-16-12-3-1-2-4-13(12)19(20)21/h1-6,8-9,16H,7H2. The number of benzene rings is 1. The lowest BCUT2D eigenvalue weighted by molar-refractivity contribution is -0.384. The van der Waals surface area contributed by atoms with Gasteiger partial charge in [-0.15, -0.1) is 0 Å². The fourth-order valence-electron chi connectivity index (χ4n) is 2.07. The van der Waals surface area contributed by atoms with Crippen molar-refractivity contribution in [2.75, 3.05) is 5.32 Å². The smallest absolute Gasteiger partial charge is 0.292 e. The fourth-order valence-corrected chi connectivity index (χ4v) is 2.24. The molecule has 2 heterocycles. The molecule has 0 bridgehead atoms. The summed E-state index contributed by atoms with van der Waals surface area (Å²) in [7, 11) is 0. The predicted molar refractivity (Wildman–Crippen MR) is 80.6 cm³/mol. The van der Waals surface area contributed by atoms with Crippen LogP contribution in [0.3, 0.4) is 0 Å². The molecule has 0 aliphatic carbocycles. The van der Waals surface area contributed by atoms with E-state index in [0.29, 0.717) is 17.3 Å². The minimum absolute atomic E-state index is 0.0457. The second-order valence-electron chi connectivity index (χ2n) is 4.47. The Hall–Kier alpha value is -2.60. The van der Waals surface area contributed by atoms with Gasteiger partial charge >= 0.3 is 0 Å². The van der Waals surface area contributed by atoms with Gasteiger partial charge in [-0.1, -0.05) is 23.7 Å². The van der Waals surface area contributed by atoms with Gasteiger partial charge in [0.25, 0.3) is 5.69 Å². The van der Waals surface area contributed by atoms with Crippen LogP contribution < -0.4 is 5.32 Å². The molecule has 1 aromatic carbocycles. The number of pyridine rings is 1. The molecule has 0 saturated heterocycles. The topological polar surface area (TPSA) is 72.5 Å². The molecule has 0 atom stereocenters. The third kappa shape index (κ3) is 2.80. The number of imidazole rings is 1. The molecule has 0 fully saturated rings. The highest BCUT2D eigenvalue weighted by Gasteiger charge is 2.12. The van der Waals surface area contributed by atoms with Crippen molar-refractivity contribution in [1.82, 2.24) is 9.38 Å². The maximum absolute atomic E-state index is 10.9. The molecule has 0 aliphatic rings. The lowest BCUT2D eigenvalue weighted by Crippen LogP contribution is -2.02. The Bertz CT molecular complexity index is 816. The number of nitro benzene ring substituents is 1. The van der Waals surface area contributed by atoms with Crippen LogP contribution in [-0.4, -0.2) is 14.3 Å². The second-order valence-corrected chi connectivity index (χ2v) is 4.91. The van der Waals surface area contributed by atoms with Crippen LogP contribution in [-0.2, 0) is 6.54 Å². The Kier molecular flexibility index (Phi) is 3.45. The van der Waals surface area contributed by atoms with Gasteiger partial charge < -0.3 is 9.72 Å². The number of nitrogens with zero attached hydrogens (tertiary/aromatic N) is 3. The molecule has 7 heteroatoms. The number of para-hydroxylation sites is 2. The van der Waals surface area contributed by atoms with E-state index in [9.17, 15) is 10.1 Å². The van der Waals surface area contributed by atoms with Gasteiger partial charge in [0.05, 0.1) is 22.2 Å². The third-order valence-corrected chi connectivity index (χ3v) is 3.25. The first kappa shape index (κ1) is 13.4. The molecule has 1 N–H and O–H groups in total. The highest BCUT2D eigenvalue weighted by Crippen LogP contribution is 2.23. The van der Waals surface area contributed by atoms with Gasteiger partial charge in [0, 0.05) is 18.5 Å². The maximum atomic E-state index is 10.9. The molecule has 0 spiro atoms. The van der Waals surface area contributed by atoms with Crippen molar-refractivity contribution in [2.45, 2.75) is 6.54 Å². The lowest BCUT2D eigenvalue weighted by atomic mass is 10.2. The van der Waals surface area contributed by atoms with Crippen molar-refractivity contribution in [1.29, 1.82) is 0 Å². The number of hydrogen-bond acceptors (Lipinski definition) is 4. The summed E-state index contributed by atoms with van der Waals surface area (Å²) >= 11 is 5.92. The van der Waals surface area contributed by atoms with E-state index in [1.807, 2.05) is 16.7 Å². The summed E-state index contributed by atoms with van der Waals surface area (Å²) in [4.78, 5) is 14.9. The number of nitrogens with one attached hydrogen (secondary N) is 1. The molecule has 0 aliphatic heterocycles. The molecular formula is C14H11ClN4O2. The molecule has 2 aromatic heterocycles. The van der Waals surface area contributed by atoms with Crippen LogP contribution in [0.4, 0.5) is 11.4 Å². The third-order valence-electron chi connectivity index (χ3n) is 3.03. The molecule has 21 heavy (non-hydrogen) atoms. The number of nitro groups is 1. The molecule has 0 unspecified atom stereocenters. The van der Waals surface area contributed by atoms with E-state index in [4.69, 9.17) is 11.6 Å². The van der Waals surface area contributed by atoms with Crippen LogP contribution >= 0.6 is 11.6 Å². The van der Waals surface area contributed by atoms with Crippen molar-refractivity contribution in [3.05, 3.63) is 69.6 Å². The predicted octanol–water partition coefficient (Wildman–Crippen LogP) is 3.51. The van der Waals surface area contributed by atoms with Crippen molar-refractivity contribution in [2.24, 2.45) is 0 Å². The number of anilines is 1. The van der Waals surface area contributed by atoms with Gasteiger partial charge in [-0.2, -0.15) is 0 Å². The minimum atomic E-state index is -0.411. The van der Waals surface area contributed by atoms with E-state index in [1.54, 1.807) is 30.5 Å². The van der Waals surface area contributed by atoms with Crippen LogP contribution in [0.15, 0.2) is 48.8 Å². The lowest BCUT2D eigenvalue weighted by Gasteiger charge is -2.04.